The lowest BCUT2D eigenvalue weighted by Gasteiger charge is -2.36. The molecule has 2 saturated heterocycles. The maximum Gasteiger partial charge on any atom is 0.256 e. The number of nitrogens with zero attached hydrogens (tertiary/aromatic N) is 2. The van der Waals surface area contributed by atoms with E-state index in [1.807, 2.05) is 43.9 Å². The normalized spacial score (nSPS) is 17.5. The molecule has 0 atom stereocenters. The number of hydrogen-bond acceptors (Lipinski definition) is 3. The van der Waals surface area contributed by atoms with Gasteiger partial charge in [0.15, 0.2) is 0 Å². The van der Waals surface area contributed by atoms with Crippen LogP contribution >= 0.6 is 0 Å². The van der Waals surface area contributed by atoms with E-state index in [-0.39, 0.29) is 11.8 Å². The lowest BCUT2D eigenvalue weighted by molar-refractivity contribution is -0.123. The largest absolute Gasteiger partial charge is 0.371 e. The molecule has 5 nitrogen and oxygen atoms in total. The summed E-state index contributed by atoms with van der Waals surface area (Å²) < 4.78 is 0. The van der Waals surface area contributed by atoms with E-state index in [0.29, 0.717) is 11.6 Å². The second-order valence-electron chi connectivity index (χ2n) is 10.9. The molecular weight excluding hydrogens is 422 g/mol. The third-order valence-electron chi connectivity index (χ3n) is 7.13. The van der Waals surface area contributed by atoms with Crippen LogP contribution < -0.4 is 10.2 Å². The number of carbonyl (C=O) groups is 2. The van der Waals surface area contributed by atoms with Gasteiger partial charge in [0.25, 0.3) is 5.91 Å². The first-order valence-corrected chi connectivity index (χ1v) is 12.8. The van der Waals surface area contributed by atoms with Crippen molar-refractivity contribution >= 4 is 23.2 Å². The van der Waals surface area contributed by atoms with Gasteiger partial charge in [0.2, 0.25) is 5.91 Å². The summed E-state index contributed by atoms with van der Waals surface area (Å²) in [6.45, 7) is 9.23. The highest BCUT2D eigenvalue weighted by molar-refractivity contribution is 6.02. The van der Waals surface area contributed by atoms with E-state index in [9.17, 15) is 9.59 Å². The quantitative estimate of drug-likeness (QED) is 0.616. The van der Waals surface area contributed by atoms with Crippen molar-refractivity contribution in [2.24, 2.45) is 11.3 Å². The SMILES string of the molecule is CC(C)(C)C(=O)Nc1ccc(N2CCC(Cc3ccccc3)CC2)c(C(=O)N2CCCCC2)c1. The van der Waals surface area contributed by atoms with Crippen LogP contribution in [0.15, 0.2) is 48.5 Å². The molecular formula is C29H39N3O2. The van der Waals surface area contributed by atoms with Gasteiger partial charge in [0.1, 0.15) is 0 Å². The fourth-order valence-electron chi connectivity index (χ4n) is 4.97. The van der Waals surface area contributed by atoms with Crippen molar-refractivity contribution in [3.63, 3.8) is 0 Å². The van der Waals surface area contributed by atoms with E-state index in [0.717, 1.165) is 69.5 Å². The Hall–Kier alpha value is -2.82. The van der Waals surface area contributed by atoms with Crippen LogP contribution in [0.1, 0.15) is 68.8 Å². The maximum atomic E-state index is 13.6. The van der Waals surface area contributed by atoms with Gasteiger partial charge < -0.3 is 15.1 Å². The van der Waals surface area contributed by atoms with E-state index in [4.69, 9.17) is 0 Å². The predicted octanol–water partition coefficient (Wildman–Crippen LogP) is 5.76. The molecule has 2 heterocycles. The average Bonchev–Trinajstić information content (AvgIpc) is 2.85. The van der Waals surface area contributed by atoms with Gasteiger partial charge in [0.05, 0.1) is 5.56 Å². The fourth-order valence-corrected chi connectivity index (χ4v) is 4.97. The molecule has 2 aliphatic rings. The highest BCUT2D eigenvalue weighted by atomic mass is 16.2. The first-order chi connectivity index (χ1) is 16.3. The standard InChI is InChI=1S/C29H39N3O2/c1-29(2,3)28(34)30-24-12-13-26(25(21-24)27(33)32-16-8-5-9-17-32)31-18-14-23(15-19-31)20-22-10-6-4-7-11-22/h4,6-7,10-13,21,23H,5,8-9,14-20H2,1-3H3,(H,30,34). The zero-order chi connectivity index (χ0) is 24.1. The van der Waals surface area contributed by atoms with E-state index in [1.54, 1.807) is 0 Å². The molecule has 5 heteroatoms. The van der Waals surface area contributed by atoms with E-state index < -0.39 is 5.41 Å². The van der Waals surface area contributed by atoms with Crippen LogP contribution in [0.25, 0.3) is 0 Å². The highest BCUT2D eigenvalue weighted by Gasteiger charge is 2.27. The van der Waals surface area contributed by atoms with Crippen LogP contribution in [-0.4, -0.2) is 42.9 Å². The van der Waals surface area contributed by atoms with Gasteiger partial charge in [-0.1, -0.05) is 51.1 Å². The van der Waals surface area contributed by atoms with Crippen molar-refractivity contribution < 1.29 is 9.59 Å². The Labute approximate surface area is 204 Å². The number of nitrogens with one attached hydrogen (secondary N) is 1. The molecule has 0 spiro atoms. The van der Waals surface area contributed by atoms with Gasteiger partial charge in [-0.05, 0) is 68.2 Å². The van der Waals surface area contributed by atoms with Crippen LogP contribution in [0.4, 0.5) is 11.4 Å². The van der Waals surface area contributed by atoms with Crippen LogP contribution in [0.5, 0.6) is 0 Å². The van der Waals surface area contributed by atoms with Crippen molar-refractivity contribution in [1.29, 1.82) is 0 Å². The Morgan fingerprint density at radius 2 is 1.59 bits per heavy atom. The molecule has 0 bridgehead atoms. The second kappa shape index (κ2) is 10.6. The Kier molecular flexibility index (Phi) is 7.60. The molecule has 0 radical (unpaired) electrons. The molecule has 0 saturated carbocycles. The summed E-state index contributed by atoms with van der Waals surface area (Å²) in [4.78, 5) is 30.5. The van der Waals surface area contributed by atoms with Crippen LogP contribution in [0, 0.1) is 11.3 Å². The summed E-state index contributed by atoms with van der Waals surface area (Å²) in [5, 5.41) is 3.02. The number of carbonyl (C=O) groups excluding carboxylic acids is 2. The number of anilines is 2. The Morgan fingerprint density at radius 1 is 0.912 bits per heavy atom. The zero-order valence-corrected chi connectivity index (χ0v) is 21.0. The monoisotopic (exact) mass is 461 g/mol. The molecule has 2 aliphatic heterocycles. The van der Waals surface area contributed by atoms with E-state index >= 15 is 0 Å². The zero-order valence-electron chi connectivity index (χ0n) is 21.0. The molecule has 2 aromatic rings. The Balaban J connectivity index is 1.52. The number of piperidine rings is 2. The number of benzene rings is 2. The summed E-state index contributed by atoms with van der Waals surface area (Å²) in [6, 6.07) is 16.6. The topological polar surface area (TPSA) is 52.7 Å². The van der Waals surface area contributed by atoms with E-state index in [2.05, 4.69) is 40.5 Å². The summed E-state index contributed by atoms with van der Waals surface area (Å²) in [5.41, 5.74) is 3.33. The summed E-state index contributed by atoms with van der Waals surface area (Å²) >= 11 is 0. The molecule has 34 heavy (non-hydrogen) atoms. The van der Waals surface area contributed by atoms with Crippen LogP contribution in [0.3, 0.4) is 0 Å². The first kappa shape index (κ1) is 24.3. The molecule has 4 rings (SSSR count). The van der Waals surface area contributed by atoms with Crippen molar-refractivity contribution in [2.45, 2.75) is 59.3 Å². The molecule has 2 aromatic carbocycles. The first-order valence-electron chi connectivity index (χ1n) is 12.8. The smallest absolute Gasteiger partial charge is 0.256 e. The summed E-state index contributed by atoms with van der Waals surface area (Å²) in [6.07, 6.45) is 6.67. The summed E-state index contributed by atoms with van der Waals surface area (Å²) in [5.74, 6) is 0.719. The maximum absolute atomic E-state index is 13.6. The molecule has 0 unspecified atom stereocenters. The van der Waals surface area contributed by atoms with Gasteiger partial charge >= 0.3 is 0 Å². The highest BCUT2D eigenvalue weighted by Crippen LogP contribution is 2.32. The molecule has 0 aliphatic carbocycles. The number of rotatable bonds is 5. The minimum atomic E-state index is -0.490. The minimum absolute atomic E-state index is 0.0432. The molecule has 1 N–H and O–H groups in total. The number of likely N-dealkylation sites (tertiary alicyclic amines) is 1. The molecule has 0 aromatic heterocycles. The van der Waals surface area contributed by atoms with Crippen molar-refractivity contribution in [3.8, 4) is 0 Å². The van der Waals surface area contributed by atoms with Gasteiger partial charge in [-0.25, -0.2) is 0 Å². The van der Waals surface area contributed by atoms with Crippen LogP contribution in [-0.2, 0) is 11.2 Å². The minimum Gasteiger partial charge on any atom is -0.371 e. The van der Waals surface area contributed by atoms with Crippen molar-refractivity contribution in [1.82, 2.24) is 4.90 Å². The lowest BCUT2D eigenvalue weighted by Crippen LogP contribution is -2.39. The van der Waals surface area contributed by atoms with Gasteiger partial charge in [-0.15, -0.1) is 0 Å². The van der Waals surface area contributed by atoms with E-state index in [1.165, 1.54) is 12.0 Å². The second-order valence-corrected chi connectivity index (χ2v) is 10.9. The number of hydrogen-bond donors (Lipinski definition) is 1. The third kappa shape index (κ3) is 5.99. The molecule has 182 valence electrons. The van der Waals surface area contributed by atoms with Crippen molar-refractivity contribution in [3.05, 3.63) is 59.7 Å². The molecule has 2 fully saturated rings. The fraction of sp³-hybridized carbons (Fsp3) is 0.517. The van der Waals surface area contributed by atoms with Gasteiger partial charge in [0, 0.05) is 43.0 Å². The summed E-state index contributed by atoms with van der Waals surface area (Å²) in [7, 11) is 0. The lowest BCUT2D eigenvalue weighted by atomic mass is 9.89. The Bertz CT molecular complexity index is 982. The predicted molar refractivity (Wildman–Crippen MR) is 139 cm³/mol. The van der Waals surface area contributed by atoms with Crippen LogP contribution in [0.2, 0.25) is 0 Å². The Morgan fingerprint density at radius 3 is 2.24 bits per heavy atom. The van der Waals surface area contributed by atoms with Gasteiger partial charge in [-0.2, -0.15) is 0 Å². The third-order valence-corrected chi connectivity index (χ3v) is 7.13. The number of amides is 2. The molecule has 2 amide bonds. The van der Waals surface area contributed by atoms with Gasteiger partial charge in [-0.3, -0.25) is 9.59 Å². The van der Waals surface area contributed by atoms with Crippen molar-refractivity contribution in [2.75, 3.05) is 36.4 Å². The average molecular weight is 462 g/mol.